The molecule has 0 radical (unpaired) electrons. The van der Waals surface area contributed by atoms with Gasteiger partial charge in [-0.05, 0) is 67.5 Å². The third kappa shape index (κ3) is 5.77. The van der Waals surface area contributed by atoms with Crippen LogP contribution in [0.2, 0.25) is 0 Å². The van der Waals surface area contributed by atoms with Crippen LogP contribution < -0.4 is 5.32 Å². The standard InChI is InChI=1S/C30H30F8N2O6S/c31-19-3-5-20(6-4-19)47(45,46)27-11-9-23(39-26(44)17-14-24(41)40(15-17)12-10-25(42)43)22(27)7-1-16-13-18(2-8-21(16)27)28(32,29(33,34)35)30(36,37)38/h2-6,8,13,17,22-24,41H,1,7,9-12,14-15H2,(H,39,44)(H,42,43)/t17-,22-,23+,24?,27+/m0/s1. The third-order valence-corrected chi connectivity index (χ3v) is 12.2. The number of carboxylic acids is 1. The van der Waals surface area contributed by atoms with Crippen molar-refractivity contribution in [2.45, 2.75) is 78.5 Å². The molecule has 2 aliphatic carbocycles. The first-order chi connectivity index (χ1) is 21.7. The first-order valence-corrected chi connectivity index (χ1v) is 16.1. The molecule has 0 spiro atoms. The Balaban J connectivity index is 1.54. The van der Waals surface area contributed by atoms with Gasteiger partial charge in [0.15, 0.2) is 9.84 Å². The van der Waals surface area contributed by atoms with Gasteiger partial charge in [0.1, 0.15) is 16.8 Å². The van der Waals surface area contributed by atoms with Crippen LogP contribution in [-0.4, -0.2) is 73.1 Å². The molecule has 3 N–H and O–H groups in total. The number of nitrogens with zero attached hydrogens (tertiary/aromatic N) is 1. The zero-order valence-corrected chi connectivity index (χ0v) is 25.2. The number of aliphatic hydroxyl groups is 1. The fraction of sp³-hybridized carbons (Fsp3) is 0.533. The number of carbonyl (C=O) groups excluding carboxylic acids is 1. The molecule has 258 valence electrons. The van der Waals surface area contributed by atoms with Gasteiger partial charge in [-0.3, -0.25) is 14.5 Å². The monoisotopic (exact) mass is 698 g/mol. The highest BCUT2D eigenvalue weighted by atomic mass is 32.2. The smallest absolute Gasteiger partial charge is 0.435 e. The van der Waals surface area contributed by atoms with Crippen molar-refractivity contribution in [2.75, 3.05) is 13.1 Å². The predicted octanol–water partition coefficient (Wildman–Crippen LogP) is 4.74. The van der Waals surface area contributed by atoms with Gasteiger partial charge in [-0.25, -0.2) is 17.2 Å². The number of halogens is 8. The molecular formula is C30H30F8N2O6S. The number of benzene rings is 2. The average molecular weight is 699 g/mol. The van der Waals surface area contributed by atoms with Crippen molar-refractivity contribution in [3.05, 3.63) is 65.0 Å². The van der Waals surface area contributed by atoms with Gasteiger partial charge in [-0.2, -0.15) is 26.3 Å². The molecular weight excluding hydrogens is 668 g/mol. The summed E-state index contributed by atoms with van der Waals surface area (Å²) < 4.78 is 137. The number of rotatable bonds is 8. The van der Waals surface area contributed by atoms with Gasteiger partial charge in [0.2, 0.25) is 5.91 Å². The molecule has 1 unspecified atom stereocenters. The van der Waals surface area contributed by atoms with Crippen molar-refractivity contribution in [1.82, 2.24) is 10.2 Å². The third-order valence-electron chi connectivity index (χ3n) is 9.66. The van der Waals surface area contributed by atoms with E-state index in [1.54, 1.807) is 0 Å². The van der Waals surface area contributed by atoms with Crippen molar-refractivity contribution >= 4 is 21.7 Å². The van der Waals surface area contributed by atoms with Crippen molar-refractivity contribution in [1.29, 1.82) is 0 Å². The molecule has 3 aliphatic rings. The Morgan fingerprint density at radius 1 is 0.979 bits per heavy atom. The van der Waals surface area contributed by atoms with Crippen LogP contribution in [0.1, 0.15) is 48.8 Å². The lowest BCUT2D eigenvalue weighted by Crippen LogP contribution is -2.51. The predicted molar refractivity (Wildman–Crippen MR) is 148 cm³/mol. The number of aliphatic hydroxyl groups excluding tert-OH is 1. The largest absolute Gasteiger partial charge is 0.481 e. The minimum Gasteiger partial charge on any atom is -0.481 e. The number of fused-ring (bicyclic) bond motifs is 3. The fourth-order valence-electron chi connectivity index (χ4n) is 7.41. The minimum atomic E-state index is -6.38. The number of hydrogen-bond acceptors (Lipinski definition) is 6. The Morgan fingerprint density at radius 3 is 2.21 bits per heavy atom. The average Bonchev–Trinajstić information content (AvgIpc) is 3.55. The van der Waals surface area contributed by atoms with Crippen molar-refractivity contribution in [3.63, 3.8) is 0 Å². The number of nitrogens with one attached hydrogen (secondary N) is 1. The Hall–Kier alpha value is -3.31. The molecule has 17 heteroatoms. The Bertz CT molecular complexity index is 1630. The molecule has 8 nitrogen and oxygen atoms in total. The lowest BCUT2D eigenvalue weighted by molar-refractivity contribution is -0.348. The highest BCUT2D eigenvalue weighted by Gasteiger charge is 2.74. The summed E-state index contributed by atoms with van der Waals surface area (Å²) in [6, 6.07) is 4.32. The number of amides is 1. The second kappa shape index (κ2) is 12.0. The molecule has 2 aromatic carbocycles. The van der Waals surface area contributed by atoms with E-state index in [0.29, 0.717) is 6.07 Å². The van der Waals surface area contributed by atoms with E-state index in [-0.39, 0.29) is 73.7 Å². The number of alkyl halides is 7. The van der Waals surface area contributed by atoms with E-state index in [1.165, 1.54) is 4.90 Å². The SMILES string of the molecule is O=C(O)CCN1C[C@@H](C(=O)N[C@@H]2CC[C@@]3(S(=O)(=O)c4ccc(F)cc4)c4ccc(C(F)(C(F)(F)F)C(F)(F)F)cc4CC[C@@H]23)CC1O. The minimum absolute atomic E-state index is 0.0195. The lowest BCUT2D eigenvalue weighted by Gasteiger charge is -2.43. The topological polar surface area (TPSA) is 124 Å². The first kappa shape index (κ1) is 35.0. The Kier molecular flexibility index (Phi) is 8.93. The van der Waals surface area contributed by atoms with Crippen LogP contribution in [-0.2, 0) is 36.3 Å². The number of hydrogen-bond donors (Lipinski definition) is 3. The second-order valence-corrected chi connectivity index (χ2v) is 14.4. The first-order valence-electron chi connectivity index (χ1n) is 14.6. The fourth-order valence-corrected chi connectivity index (χ4v) is 9.88. The van der Waals surface area contributed by atoms with E-state index in [1.807, 2.05) is 0 Å². The number of carboxylic acid groups (broad SMARTS) is 1. The van der Waals surface area contributed by atoms with Gasteiger partial charge in [-0.15, -0.1) is 0 Å². The zero-order chi connectivity index (χ0) is 34.7. The van der Waals surface area contributed by atoms with E-state index in [9.17, 15) is 53.8 Å². The molecule has 5 rings (SSSR count). The van der Waals surface area contributed by atoms with Crippen LogP contribution in [0.25, 0.3) is 0 Å². The van der Waals surface area contributed by atoms with E-state index in [0.717, 1.165) is 30.3 Å². The normalized spacial score (nSPS) is 26.9. The van der Waals surface area contributed by atoms with Crippen LogP contribution >= 0.6 is 0 Å². The van der Waals surface area contributed by atoms with Crippen LogP contribution in [0, 0.1) is 17.7 Å². The molecule has 1 amide bonds. The molecule has 1 aliphatic heterocycles. The van der Waals surface area contributed by atoms with E-state index < -0.39 is 80.0 Å². The Morgan fingerprint density at radius 2 is 1.62 bits per heavy atom. The van der Waals surface area contributed by atoms with Gasteiger partial charge in [0, 0.05) is 30.6 Å². The number of carbonyl (C=O) groups is 2. The maximum Gasteiger partial charge on any atom is 0.435 e. The maximum atomic E-state index is 15.0. The van der Waals surface area contributed by atoms with E-state index in [4.69, 9.17) is 5.11 Å². The molecule has 1 heterocycles. The van der Waals surface area contributed by atoms with Gasteiger partial charge in [0.05, 0.1) is 17.2 Å². The Labute approximate surface area is 263 Å². The molecule has 5 atom stereocenters. The summed E-state index contributed by atoms with van der Waals surface area (Å²) in [7, 11) is -4.58. The van der Waals surface area contributed by atoms with Crippen molar-refractivity contribution < 1.29 is 63.3 Å². The van der Waals surface area contributed by atoms with E-state index in [2.05, 4.69) is 5.32 Å². The quantitative estimate of drug-likeness (QED) is 0.269. The van der Waals surface area contributed by atoms with Crippen molar-refractivity contribution in [2.24, 2.45) is 11.8 Å². The van der Waals surface area contributed by atoms with Gasteiger partial charge < -0.3 is 15.5 Å². The summed E-state index contributed by atoms with van der Waals surface area (Å²) in [6.07, 6.45) is -14.7. The van der Waals surface area contributed by atoms with Crippen LogP contribution in [0.3, 0.4) is 0 Å². The highest BCUT2D eigenvalue weighted by Crippen LogP contribution is 2.59. The summed E-state index contributed by atoms with van der Waals surface area (Å²) in [4.78, 5) is 25.3. The summed E-state index contributed by atoms with van der Waals surface area (Å²) in [5.74, 6) is -4.16. The van der Waals surface area contributed by atoms with Gasteiger partial charge >= 0.3 is 24.0 Å². The molecule has 0 bridgehead atoms. The summed E-state index contributed by atoms with van der Waals surface area (Å²) in [6.45, 7) is -0.00133. The van der Waals surface area contributed by atoms with E-state index >= 15 is 4.39 Å². The van der Waals surface area contributed by atoms with Crippen LogP contribution in [0.5, 0.6) is 0 Å². The zero-order valence-electron chi connectivity index (χ0n) is 24.4. The number of aryl methyl sites for hydroxylation is 1. The van der Waals surface area contributed by atoms with Gasteiger partial charge in [0.25, 0.3) is 0 Å². The number of sulfone groups is 1. The summed E-state index contributed by atoms with van der Waals surface area (Å²) >= 11 is 0. The van der Waals surface area contributed by atoms with Crippen molar-refractivity contribution in [3.8, 4) is 0 Å². The second-order valence-electron chi connectivity index (χ2n) is 12.2. The highest BCUT2D eigenvalue weighted by molar-refractivity contribution is 7.92. The van der Waals surface area contributed by atoms with Gasteiger partial charge in [-0.1, -0.05) is 18.2 Å². The molecule has 2 aromatic rings. The molecule has 2 fully saturated rings. The summed E-state index contributed by atoms with van der Waals surface area (Å²) in [5, 5.41) is 22.1. The number of likely N-dealkylation sites (tertiary alicyclic amines) is 1. The molecule has 1 saturated heterocycles. The molecule has 47 heavy (non-hydrogen) atoms. The lowest BCUT2D eigenvalue weighted by atomic mass is 9.74. The number of aliphatic carboxylic acids is 1. The maximum absolute atomic E-state index is 15.0. The molecule has 0 aromatic heterocycles. The van der Waals surface area contributed by atoms with Crippen LogP contribution in [0.15, 0.2) is 47.4 Å². The van der Waals surface area contributed by atoms with Crippen LogP contribution in [0.4, 0.5) is 35.1 Å². The summed E-state index contributed by atoms with van der Waals surface area (Å²) in [5.41, 5.74) is -7.86. The molecule has 1 saturated carbocycles.